The lowest BCUT2D eigenvalue weighted by Gasteiger charge is -2.26. The van der Waals surface area contributed by atoms with E-state index >= 15 is 0 Å². The van der Waals surface area contributed by atoms with Crippen LogP contribution in [0.4, 0.5) is 0 Å². The van der Waals surface area contributed by atoms with Crippen LogP contribution in [0.15, 0.2) is 25.3 Å². The Hall–Kier alpha value is -1.84. The van der Waals surface area contributed by atoms with E-state index in [4.69, 9.17) is 0 Å². The molecule has 0 aromatic rings. The fraction of sp³-hybridized carbons (Fsp3) is 0.667. The van der Waals surface area contributed by atoms with Gasteiger partial charge >= 0.3 is 0 Å². The predicted molar refractivity (Wildman–Crippen MR) is 123 cm³/mol. The van der Waals surface area contributed by atoms with Gasteiger partial charge in [-0.15, -0.1) is 0 Å². The first-order valence-electron chi connectivity index (χ1n) is 8.94. The zero-order chi connectivity index (χ0) is 25.9. The van der Waals surface area contributed by atoms with Gasteiger partial charge in [-0.3, -0.25) is 9.59 Å². The zero-order valence-corrected chi connectivity index (χ0v) is 21.9. The number of quaternary nitrogens is 2. The average molecular weight is 505 g/mol. The molecule has 0 unspecified atom stereocenters. The first-order chi connectivity index (χ1) is 13.3. The summed E-state index contributed by atoms with van der Waals surface area (Å²) in [5.41, 5.74) is 1.89. The molecular weight excluding hydrogens is 464 g/mol. The molecule has 0 aliphatic carbocycles. The molecule has 0 rings (SSSR count). The van der Waals surface area contributed by atoms with Gasteiger partial charge in [0.15, 0.2) is 0 Å². The van der Waals surface area contributed by atoms with Crippen LogP contribution in [0.3, 0.4) is 0 Å². The van der Waals surface area contributed by atoms with E-state index in [0.717, 1.165) is 12.2 Å². The quantitative estimate of drug-likeness (QED) is 0.250. The summed E-state index contributed by atoms with van der Waals surface area (Å²) in [4.78, 5) is 21.6. The van der Waals surface area contributed by atoms with E-state index in [1.165, 1.54) is 27.7 Å². The summed E-state index contributed by atoms with van der Waals surface area (Å²) in [6.07, 6.45) is 2.03. The van der Waals surface area contributed by atoms with Crippen molar-refractivity contribution in [1.82, 2.24) is 16.8 Å². The molecule has 0 aromatic carbocycles. The van der Waals surface area contributed by atoms with Crippen LogP contribution in [0.2, 0.25) is 0 Å². The number of carbonyl (C=O) groups excluding carboxylic acids is 2. The Balaban J connectivity index is -0.000000198. The van der Waals surface area contributed by atoms with Crippen molar-refractivity contribution in [3.05, 3.63) is 25.3 Å². The lowest BCUT2D eigenvalue weighted by molar-refractivity contribution is -0.458. The summed E-state index contributed by atoms with van der Waals surface area (Å²) < 4.78 is 62.3. The Morgan fingerprint density at radius 3 is 1.09 bits per heavy atom. The van der Waals surface area contributed by atoms with Crippen molar-refractivity contribution >= 4 is 32.1 Å². The highest BCUT2D eigenvalue weighted by molar-refractivity contribution is 7.86. The Kier molecular flexibility index (Phi) is 16.8. The maximum absolute atomic E-state index is 10.8. The fourth-order valence-electron chi connectivity index (χ4n) is 1.73. The molecule has 12 nitrogen and oxygen atoms in total. The van der Waals surface area contributed by atoms with Gasteiger partial charge in [0.05, 0.1) is 37.3 Å². The van der Waals surface area contributed by atoms with Gasteiger partial charge in [-0.05, 0) is 60.6 Å². The van der Waals surface area contributed by atoms with Crippen LogP contribution in [0.5, 0.6) is 0 Å². The summed E-state index contributed by atoms with van der Waals surface area (Å²) in [6.45, 7) is 18.4. The molecule has 0 radical (unpaired) electrons. The van der Waals surface area contributed by atoms with Crippen molar-refractivity contribution in [1.29, 1.82) is 0 Å². The van der Waals surface area contributed by atoms with E-state index in [1.807, 2.05) is 0 Å². The molecule has 32 heavy (non-hydrogen) atoms. The van der Waals surface area contributed by atoms with Crippen LogP contribution in [-0.2, 0) is 29.8 Å². The van der Waals surface area contributed by atoms with Crippen molar-refractivity contribution < 1.29 is 41.3 Å². The van der Waals surface area contributed by atoms with Crippen molar-refractivity contribution in [2.45, 2.75) is 65.1 Å². The molecule has 0 saturated heterocycles. The molecule has 0 saturated carbocycles. The van der Waals surface area contributed by atoms with Gasteiger partial charge in [0.2, 0.25) is 11.8 Å². The van der Waals surface area contributed by atoms with Gasteiger partial charge in [0, 0.05) is 11.1 Å². The topological polar surface area (TPSA) is 237 Å². The van der Waals surface area contributed by atoms with Crippen molar-refractivity contribution in [3.63, 3.8) is 0 Å². The second-order valence-corrected chi connectivity index (χ2v) is 11.9. The molecule has 0 aliphatic rings. The van der Waals surface area contributed by atoms with E-state index in [1.54, 1.807) is 0 Å². The third-order valence-corrected chi connectivity index (χ3v) is 4.52. The zero-order valence-electron chi connectivity index (χ0n) is 20.3. The van der Waals surface area contributed by atoms with Crippen molar-refractivity contribution in [2.24, 2.45) is 0 Å². The number of nitrogens with one attached hydrogen (secondary N) is 2. The maximum Gasteiger partial charge on any atom is 0.243 e. The minimum Gasteiger partial charge on any atom is -0.748 e. The van der Waals surface area contributed by atoms with Gasteiger partial charge in [-0.2, -0.15) is 0 Å². The third-order valence-electron chi connectivity index (χ3n) is 2.37. The molecule has 0 heterocycles. The Morgan fingerprint density at radius 2 is 0.969 bits per heavy atom. The Bertz CT molecular complexity index is 758. The number of hydrogen-bond acceptors (Lipinski definition) is 8. The highest BCUT2D eigenvalue weighted by atomic mass is 32.2. The second-order valence-electron chi connectivity index (χ2n) is 9.12. The SMILES string of the molecule is C=CC(=O)NC(C)(C)CS(=O)(=O)[O-].C=CC(=O)NC(C)(C)CS(=O)(=O)[O-].CC(C)(C)[NH3+].[NH4+]. The van der Waals surface area contributed by atoms with Gasteiger partial charge in [-0.1, -0.05) is 13.2 Å². The molecule has 0 fully saturated rings. The van der Waals surface area contributed by atoms with E-state index in [9.17, 15) is 35.5 Å². The molecular formula is C18H40N4O8S2. The number of carbonyl (C=O) groups is 2. The largest absolute Gasteiger partial charge is 0.748 e. The minimum absolute atomic E-state index is 0. The van der Waals surface area contributed by atoms with E-state index in [0.29, 0.717) is 0 Å². The Labute approximate surface area is 192 Å². The fourth-order valence-corrected chi connectivity index (χ4v) is 3.64. The summed E-state index contributed by atoms with van der Waals surface area (Å²) >= 11 is 0. The third kappa shape index (κ3) is 35.6. The number of rotatable bonds is 8. The maximum atomic E-state index is 10.8. The van der Waals surface area contributed by atoms with E-state index < -0.39 is 54.6 Å². The molecule has 0 atom stereocenters. The summed E-state index contributed by atoms with van der Waals surface area (Å²) in [5.74, 6) is -2.29. The average Bonchev–Trinajstić information content (AvgIpc) is 2.39. The monoisotopic (exact) mass is 504 g/mol. The lowest BCUT2D eigenvalue weighted by Crippen LogP contribution is -2.67. The predicted octanol–water partition coefficient (Wildman–Crippen LogP) is -0.372. The molecule has 0 bridgehead atoms. The highest BCUT2D eigenvalue weighted by Crippen LogP contribution is 2.06. The molecule has 0 aromatic heterocycles. The van der Waals surface area contributed by atoms with Gasteiger partial charge < -0.3 is 31.6 Å². The summed E-state index contributed by atoms with van der Waals surface area (Å²) in [7, 11) is -8.67. The van der Waals surface area contributed by atoms with Crippen LogP contribution in [0.25, 0.3) is 0 Å². The first kappa shape index (κ1) is 37.5. The molecule has 192 valence electrons. The summed E-state index contributed by atoms with van der Waals surface area (Å²) in [5, 5.41) is 4.65. The molecule has 0 spiro atoms. The van der Waals surface area contributed by atoms with Crippen LogP contribution < -0.4 is 22.5 Å². The lowest BCUT2D eigenvalue weighted by atomic mass is 10.1. The molecule has 14 heteroatoms. The van der Waals surface area contributed by atoms with Gasteiger partial charge in [0.25, 0.3) is 0 Å². The van der Waals surface area contributed by atoms with Crippen molar-refractivity contribution in [2.75, 3.05) is 11.5 Å². The first-order valence-corrected chi connectivity index (χ1v) is 12.1. The number of hydrogen-bond donors (Lipinski definition) is 4. The standard InChI is InChI=1S/2C7H13NO4S.C4H11N.H3N/c2*1-4-6(9)8-7(2,3)5-13(10,11)12;1-4(2,3)5;/h2*4H,1,5H2,2-3H3,(H,8,9)(H,10,11,12);5H2,1-3H3;1H3. The highest BCUT2D eigenvalue weighted by Gasteiger charge is 2.22. The molecule has 2 amide bonds. The van der Waals surface area contributed by atoms with Crippen LogP contribution in [-0.4, -0.2) is 65.9 Å². The molecule has 0 aliphatic heterocycles. The van der Waals surface area contributed by atoms with E-state index in [-0.39, 0.29) is 11.7 Å². The van der Waals surface area contributed by atoms with Gasteiger partial charge in [0.1, 0.15) is 0 Å². The van der Waals surface area contributed by atoms with Crippen molar-refractivity contribution in [3.8, 4) is 0 Å². The minimum atomic E-state index is -4.33. The summed E-state index contributed by atoms with van der Waals surface area (Å²) in [6, 6.07) is 0. The van der Waals surface area contributed by atoms with Crippen LogP contribution in [0.1, 0.15) is 48.5 Å². The van der Waals surface area contributed by atoms with Crippen LogP contribution in [0, 0.1) is 0 Å². The second kappa shape index (κ2) is 14.3. The number of amides is 2. The normalized spacial score (nSPS) is 11.8. The van der Waals surface area contributed by atoms with Crippen LogP contribution >= 0.6 is 0 Å². The molecule has 9 N–H and O–H groups in total. The smallest absolute Gasteiger partial charge is 0.243 e. The Morgan fingerprint density at radius 1 is 0.781 bits per heavy atom. The van der Waals surface area contributed by atoms with E-state index in [2.05, 4.69) is 50.3 Å². The van der Waals surface area contributed by atoms with Gasteiger partial charge in [-0.25, -0.2) is 16.8 Å².